The van der Waals surface area contributed by atoms with Gasteiger partial charge in [-0.15, -0.1) is 0 Å². The summed E-state index contributed by atoms with van der Waals surface area (Å²) in [6.07, 6.45) is -3.53. The molecule has 3 rings (SSSR count). The largest absolute Gasteiger partial charge is 0.485 e. The number of rotatable bonds is 11. The van der Waals surface area contributed by atoms with Gasteiger partial charge in [-0.3, -0.25) is 0 Å². The first-order chi connectivity index (χ1) is 17.2. The molecule has 0 aliphatic carbocycles. The monoisotopic (exact) mass is 495 g/mol. The van der Waals surface area contributed by atoms with Crippen LogP contribution in [0.5, 0.6) is 5.75 Å². The van der Waals surface area contributed by atoms with Crippen molar-refractivity contribution >= 4 is 11.9 Å². The van der Waals surface area contributed by atoms with E-state index in [4.69, 9.17) is 25.2 Å². The summed E-state index contributed by atoms with van der Waals surface area (Å²) in [6.45, 7) is 4.02. The molecular formula is C28H33NO7. The van der Waals surface area contributed by atoms with E-state index in [2.05, 4.69) is 91.7 Å². The van der Waals surface area contributed by atoms with Crippen molar-refractivity contribution in [2.45, 2.75) is 38.2 Å². The van der Waals surface area contributed by atoms with Crippen LogP contribution < -0.4 is 4.74 Å². The van der Waals surface area contributed by atoms with E-state index < -0.39 is 24.1 Å². The Morgan fingerprint density at radius 2 is 1.31 bits per heavy atom. The second kappa shape index (κ2) is 14.6. The van der Waals surface area contributed by atoms with Gasteiger partial charge in [0.05, 0.1) is 0 Å². The van der Waals surface area contributed by atoms with Crippen molar-refractivity contribution in [2.24, 2.45) is 0 Å². The SMILES string of the molecule is Cc1ccccc1O[C@H](CCN(C)Cc1ccccc1)c1ccccc1.O=C(O)[C@@H](O)[C@H](O)C(=O)O. The molecule has 0 spiro atoms. The maximum atomic E-state index is 9.77. The molecule has 36 heavy (non-hydrogen) atoms. The molecule has 0 bridgehead atoms. The first-order valence-corrected chi connectivity index (χ1v) is 11.5. The summed E-state index contributed by atoms with van der Waals surface area (Å²) in [5.41, 5.74) is 3.74. The normalized spacial score (nSPS) is 13.1. The number of aliphatic carboxylic acids is 2. The molecule has 0 aliphatic rings. The fourth-order valence-electron chi connectivity index (χ4n) is 3.39. The Balaban J connectivity index is 0.000000388. The average Bonchev–Trinajstić information content (AvgIpc) is 2.88. The van der Waals surface area contributed by atoms with E-state index in [0.717, 1.165) is 25.3 Å². The van der Waals surface area contributed by atoms with Gasteiger partial charge in [-0.25, -0.2) is 9.59 Å². The van der Waals surface area contributed by atoms with Crippen LogP contribution in [0.2, 0.25) is 0 Å². The van der Waals surface area contributed by atoms with Crippen molar-refractivity contribution < 1.29 is 34.8 Å². The first-order valence-electron chi connectivity index (χ1n) is 11.5. The van der Waals surface area contributed by atoms with Crippen LogP contribution in [0.15, 0.2) is 84.9 Å². The highest BCUT2D eigenvalue weighted by atomic mass is 16.5. The van der Waals surface area contributed by atoms with Gasteiger partial charge < -0.3 is 30.1 Å². The van der Waals surface area contributed by atoms with Gasteiger partial charge in [0.1, 0.15) is 11.9 Å². The second-order valence-corrected chi connectivity index (χ2v) is 8.36. The summed E-state index contributed by atoms with van der Waals surface area (Å²) < 4.78 is 6.41. The molecule has 3 atom stereocenters. The van der Waals surface area contributed by atoms with Crippen LogP contribution in [0.4, 0.5) is 0 Å². The van der Waals surface area contributed by atoms with E-state index in [-0.39, 0.29) is 6.10 Å². The third-order valence-corrected chi connectivity index (χ3v) is 5.41. The van der Waals surface area contributed by atoms with Crippen LogP contribution in [0.25, 0.3) is 0 Å². The lowest BCUT2D eigenvalue weighted by atomic mass is 10.1. The number of ether oxygens (including phenoxy) is 1. The Kier molecular flexibility index (Phi) is 11.6. The summed E-state index contributed by atoms with van der Waals surface area (Å²) in [7, 11) is 2.17. The molecule has 4 N–H and O–H groups in total. The van der Waals surface area contributed by atoms with E-state index in [1.54, 1.807) is 0 Å². The van der Waals surface area contributed by atoms with Gasteiger partial charge in [0, 0.05) is 19.5 Å². The third kappa shape index (κ3) is 9.50. The lowest BCUT2D eigenvalue weighted by molar-refractivity contribution is -0.165. The Bertz CT molecular complexity index is 1060. The number of para-hydroxylation sites is 1. The minimum absolute atomic E-state index is 0.0514. The minimum atomic E-state index is -2.27. The van der Waals surface area contributed by atoms with Crippen molar-refractivity contribution in [3.8, 4) is 5.75 Å². The Morgan fingerprint density at radius 3 is 1.83 bits per heavy atom. The van der Waals surface area contributed by atoms with Crippen LogP contribution in [0.1, 0.15) is 29.2 Å². The summed E-state index contributed by atoms with van der Waals surface area (Å²) in [5, 5.41) is 32.5. The van der Waals surface area contributed by atoms with Crippen molar-refractivity contribution in [3.05, 3.63) is 102 Å². The number of carboxylic acid groups (broad SMARTS) is 2. The minimum Gasteiger partial charge on any atom is -0.485 e. The molecule has 0 aromatic heterocycles. The summed E-state index contributed by atoms with van der Waals surface area (Å²) in [4.78, 5) is 21.9. The average molecular weight is 496 g/mol. The lowest BCUT2D eigenvalue weighted by Gasteiger charge is -2.24. The van der Waals surface area contributed by atoms with Crippen molar-refractivity contribution in [2.75, 3.05) is 13.6 Å². The van der Waals surface area contributed by atoms with Crippen molar-refractivity contribution in [1.29, 1.82) is 0 Å². The highest BCUT2D eigenvalue weighted by Crippen LogP contribution is 2.27. The number of benzene rings is 3. The van der Waals surface area contributed by atoms with Gasteiger partial charge in [-0.1, -0.05) is 78.9 Å². The van der Waals surface area contributed by atoms with Gasteiger partial charge in [-0.2, -0.15) is 0 Å². The highest BCUT2D eigenvalue weighted by molar-refractivity contribution is 5.83. The molecule has 0 amide bonds. The Morgan fingerprint density at radius 1 is 0.806 bits per heavy atom. The first kappa shape index (κ1) is 28.5. The fraction of sp³-hybridized carbons (Fsp3) is 0.286. The number of nitrogens with zero attached hydrogens (tertiary/aromatic N) is 1. The predicted molar refractivity (Wildman–Crippen MR) is 136 cm³/mol. The van der Waals surface area contributed by atoms with E-state index in [1.165, 1.54) is 16.7 Å². The number of aliphatic hydroxyl groups is 2. The van der Waals surface area contributed by atoms with Gasteiger partial charge in [0.25, 0.3) is 0 Å². The zero-order valence-corrected chi connectivity index (χ0v) is 20.4. The highest BCUT2D eigenvalue weighted by Gasteiger charge is 2.29. The molecule has 3 aromatic carbocycles. The molecule has 0 saturated heterocycles. The van der Waals surface area contributed by atoms with E-state index >= 15 is 0 Å². The maximum Gasteiger partial charge on any atom is 0.335 e. The predicted octanol–water partition coefficient (Wildman–Crippen LogP) is 3.51. The molecule has 0 radical (unpaired) electrons. The molecule has 0 aliphatic heterocycles. The third-order valence-electron chi connectivity index (χ3n) is 5.41. The standard InChI is InChI=1S/C24H27NO.C4H6O6/c1-20-11-9-10-16-23(20)26-24(22-14-7-4-8-15-22)17-18-25(2)19-21-12-5-3-6-13-21;5-1(3(7)8)2(6)4(9)10/h3-16,24H,17-19H2,1-2H3;1-2,5-6H,(H,7,8)(H,9,10)/t24-;1-,2-/m10/s1. The molecule has 0 heterocycles. The lowest BCUT2D eigenvalue weighted by Crippen LogP contribution is -2.39. The zero-order chi connectivity index (χ0) is 26.5. The molecular weight excluding hydrogens is 462 g/mol. The molecule has 0 saturated carbocycles. The summed E-state index contributed by atoms with van der Waals surface area (Å²) in [5.74, 6) is -2.57. The number of hydrogen-bond donors (Lipinski definition) is 4. The van der Waals surface area contributed by atoms with Crippen LogP contribution in [-0.4, -0.2) is 63.1 Å². The van der Waals surface area contributed by atoms with E-state index in [0.29, 0.717) is 0 Å². The molecule has 8 heteroatoms. The zero-order valence-electron chi connectivity index (χ0n) is 20.4. The Hall–Kier alpha value is -3.72. The second-order valence-electron chi connectivity index (χ2n) is 8.36. The summed E-state index contributed by atoms with van der Waals surface area (Å²) in [6, 6.07) is 29.4. The van der Waals surface area contributed by atoms with Crippen LogP contribution >= 0.6 is 0 Å². The molecule has 0 unspecified atom stereocenters. The van der Waals surface area contributed by atoms with Gasteiger partial charge in [0.2, 0.25) is 0 Å². The number of aliphatic hydroxyl groups excluding tert-OH is 2. The van der Waals surface area contributed by atoms with Crippen molar-refractivity contribution in [3.63, 3.8) is 0 Å². The molecule has 0 fully saturated rings. The van der Waals surface area contributed by atoms with Gasteiger partial charge in [0.15, 0.2) is 12.2 Å². The van der Waals surface area contributed by atoms with E-state index in [9.17, 15) is 9.59 Å². The number of hydrogen-bond acceptors (Lipinski definition) is 6. The number of aryl methyl sites for hydroxylation is 1. The number of carboxylic acids is 2. The number of carbonyl (C=O) groups is 2. The van der Waals surface area contributed by atoms with Crippen LogP contribution in [0.3, 0.4) is 0 Å². The molecule has 8 nitrogen and oxygen atoms in total. The fourth-order valence-corrected chi connectivity index (χ4v) is 3.39. The Labute approximate surface area is 211 Å². The topological polar surface area (TPSA) is 128 Å². The smallest absolute Gasteiger partial charge is 0.335 e. The van der Waals surface area contributed by atoms with Crippen LogP contribution in [0, 0.1) is 6.92 Å². The maximum absolute atomic E-state index is 9.77. The molecule has 192 valence electrons. The van der Waals surface area contributed by atoms with Crippen molar-refractivity contribution in [1.82, 2.24) is 4.90 Å². The molecule has 3 aromatic rings. The quantitative estimate of drug-likeness (QED) is 0.318. The van der Waals surface area contributed by atoms with Gasteiger partial charge in [-0.05, 0) is 36.7 Å². The summed E-state index contributed by atoms with van der Waals surface area (Å²) >= 11 is 0. The van der Waals surface area contributed by atoms with Crippen LogP contribution in [-0.2, 0) is 16.1 Å². The van der Waals surface area contributed by atoms with E-state index in [1.807, 2.05) is 12.1 Å². The van der Waals surface area contributed by atoms with Gasteiger partial charge >= 0.3 is 11.9 Å².